The average Bonchev–Trinajstić information content (AvgIpc) is 2.98. The van der Waals surface area contributed by atoms with Crippen molar-refractivity contribution in [2.45, 2.75) is 6.92 Å². The molecule has 5 nitrogen and oxygen atoms in total. The number of aliphatic hydroxyl groups is 2. The summed E-state index contributed by atoms with van der Waals surface area (Å²) in [5.41, 5.74) is 2.06. The number of aromatic nitrogens is 2. The first-order valence-electron chi connectivity index (χ1n) is 7.62. The van der Waals surface area contributed by atoms with Crippen molar-refractivity contribution >= 4 is 39.0 Å². The van der Waals surface area contributed by atoms with Crippen LogP contribution in [0.3, 0.4) is 0 Å². The first-order chi connectivity index (χ1) is 11.6. The number of aliphatic hydroxyl groups excluding tert-OH is 2. The van der Waals surface area contributed by atoms with Gasteiger partial charge in [-0.15, -0.1) is 11.3 Å². The molecule has 0 aliphatic rings. The number of hydrogen-bond donors (Lipinski definition) is 2. The van der Waals surface area contributed by atoms with E-state index in [0.29, 0.717) is 23.9 Å². The summed E-state index contributed by atoms with van der Waals surface area (Å²) in [7, 11) is 0. The van der Waals surface area contributed by atoms with Crippen LogP contribution < -0.4 is 4.90 Å². The molecule has 3 rings (SSSR count). The van der Waals surface area contributed by atoms with Crippen molar-refractivity contribution in [3.05, 3.63) is 40.5 Å². The van der Waals surface area contributed by atoms with E-state index in [0.717, 1.165) is 27.2 Å². The third-order valence-electron chi connectivity index (χ3n) is 3.72. The van der Waals surface area contributed by atoms with Crippen molar-refractivity contribution in [1.82, 2.24) is 9.97 Å². The second-order valence-corrected chi connectivity index (χ2v) is 6.66. The summed E-state index contributed by atoms with van der Waals surface area (Å²) < 4.78 is 0. The van der Waals surface area contributed by atoms with Gasteiger partial charge in [-0.25, -0.2) is 9.97 Å². The number of benzene rings is 1. The maximum atomic E-state index is 9.35. The second kappa shape index (κ2) is 7.44. The topological polar surface area (TPSA) is 69.5 Å². The second-order valence-electron chi connectivity index (χ2n) is 5.37. The van der Waals surface area contributed by atoms with E-state index in [2.05, 4.69) is 15.3 Å². The molecule has 0 saturated heterocycles. The Morgan fingerprint density at radius 3 is 2.38 bits per heavy atom. The number of hydrogen-bond acceptors (Lipinski definition) is 6. The molecule has 0 aliphatic heterocycles. The molecule has 2 N–H and O–H groups in total. The number of aryl methyl sites for hydroxylation is 1. The van der Waals surface area contributed by atoms with Gasteiger partial charge in [-0.05, 0) is 24.6 Å². The zero-order valence-corrected chi connectivity index (χ0v) is 14.8. The molecule has 2 aromatic heterocycles. The van der Waals surface area contributed by atoms with Crippen LogP contribution in [0.2, 0.25) is 5.02 Å². The highest BCUT2D eigenvalue weighted by molar-refractivity contribution is 7.17. The van der Waals surface area contributed by atoms with Gasteiger partial charge < -0.3 is 15.1 Å². The van der Waals surface area contributed by atoms with Gasteiger partial charge in [0.25, 0.3) is 0 Å². The molecular weight excluding hydrogens is 346 g/mol. The third kappa shape index (κ3) is 3.37. The molecule has 3 aromatic rings. The van der Waals surface area contributed by atoms with Crippen LogP contribution in [0.1, 0.15) is 5.82 Å². The van der Waals surface area contributed by atoms with E-state index in [1.165, 1.54) is 0 Å². The Morgan fingerprint density at radius 1 is 1.08 bits per heavy atom. The van der Waals surface area contributed by atoms with E-state index in [9.17, 15) is 10.2 Å². The molecule has 0 fully saturated rings. The fourth-order valence-corrected chi connectivity index (χ4v) is 3.78. The highest BCUT2D eigenvalue weighted by Crippen LogP contribution is 2.38. The number of thiophene rings is 1. The highest BCUT2D eigenvalue weighted by Gasteiger charge is 2.18. The molecule has 24 heavy (non-hydrogen) atoms. The van der Waals surface area contributed by atoms with Gasteiger partial charge in [0.1, 0.15) is 16.5 Å². The number of nitrogens with zero attached hydrogens (tertiary/aromatic N) is 3. The lowest BCUT2D eigenvalue weighted by atomic mass is 10.1. The largest absolute Gasteiger partial charge is 0.395 e. The van der Waals surface area contributed by atoms with Crippen molar-refractivity contribution in [3.8, 4) is 11.1 Å². The minimum Gasteiger partial charge on any atom is -0.395 e. The minimum absolute atomic E-state index is 0.00897. The molecule has 0 saturated carbocycles. The maximum Gasteiger partial charge on any atom is 0.141 e. The van der Waals surface area contributed by atoms with Crippen LogP contribution >= 0.6 is 22.9 Å². The van der Waals surface area contributed by atoms with Gasteiger partial charge in [0.05, 0.1) is 18.6 Å². The minimum atomic E-state index is -0.00897. The Morgan fingerprint density at radius 2 is 1.75 bits per heavy atom. The van der Waals surface area contributed by atoms with Crippen LogP contribution in [0.25, 0.3) is 21.3 Å². The molecule has 0 radical (unpaired) electrons. The summed E-state index contributed by atoms with van der Waals surface area (Å²) in [5.74, 6) is 1.41. The van der Waals surface area contributed by atoms with Gasteiger partial charge in [-0.1, -0.05) is 23.7 Å². The predicted octanol–water partition coefficient (Wildman–Crippen LogP) is 3.11. The molecule has 0 spiro atoms. The molecule has 0 unspecified atom stereocenters. The molecule has 2 heterocycles. The Bertz CT molecular complexity index is 830. The van der Waals surface area contributed by atoms with E-state index in [1.807, 2.05) is 36.1 Å². The lowest BCUT2D eigenvalue weighted by Crippen LogP contribution is -2.30. The Labute approximate surface area is 149 Å². The van der Waals surface area contributed by atoms with Crippen LogP contribution in [0.4, 0.5) is 5.82 Å². The number of fused-ring (bicyclic) bond motifs is 1. The van der Waals surface area contributed by atoms with Gasteiger partial charge in [0.15, 0.2) is 0 Å². The van der Waals surface area contributed by atoms with E-state index in [1.54, 1.807) is 11.3 Å². The smallest absolute Gasteiger partial charge is 0.141 e. The Balaban J connectivity index is 2.20. The van der Waals surface area contributed by atoms with Crippen LogP contribution in [0, 0.1) is 6.92 Å². The third-order valence-corrected chi connectivity index (χ3v) is 4.85. The van der Waals surface area contributed by atoms with Gasteiger partial charge in [-0.3, -0.25) is 0 Å². The monoisotopic (exact) mass is 363 g/mol. The molecule has 0 amide bonds. The summed E-state index contributed by atoms with van der Waals surface area (Å²) in [5, 5.41) is 22.4. The first-order valence-corrected chi connectivity index (χ1v) is 8.88. The zero-order chi connectivity index (χ0) is 17.1. The number of rotatable bonds is 6. The molecule has 0 atom stereocenters. The maximum absolute atomic E-state index is 9.35. The Kier molecular flexibility index (Phi) is 5.30. The standard InChI is InChI=1S/C17H18ClN3O2S/c1-11-19-16(21(6-8-22)7-9-23)15-14(10-24-17(15)20-11)12-2-4-13(18)5-3-12/h2-5,10,22-23H,6-9H2,1H3. The van der Waals surface area contributed by atoms with Crippen LogP contribution in [-0.4, -0.2) is 46.5 Å². The van der Waals surface area contributed by atoms with E-state index in [4.69, 9.17) is 11.6 Å². The summed E-state index contributed by atoms with van der Waals surface area (Å²) in [6.07, 6.45) is 0. The van der Waals surface area contributed by atoms with Crippen LogP contribution in [0.15, 0.2) is 29.6 Å². The zero-order valence-electron chi connectivity index (χ0n) is 13.2. The Hall–Kier alpha value is -1.73. The molecule has 0 bridgehead atoms. The van der Waals surface area contributed by atoms with Crippen molar-refractivity contribution in [1.29, 1.82) is 0 Å². The van der Waals surface area contributed by atoms with Crippen LogP contribution in [-0.2, 0) is 0 Å². The highest BCUT2D eigenvalue weighted by atomic mass is 35.5. The van der Waals surface area contributed by atoms with Crippen molar-refractivity contribution < 1.29 is 10.2 Å². The van der Waals surface area contributed by atoms with Crippen molar-refractivity contribution in [2.75, 3.05) is 31.2 Å². The van der Waals surface area contributed by atoms with Crippen molar-refractivity contribution in [2.24, 2.45) is 0 Å². The summed E-state index contributed by atoms with van der Waals surface area (Å²) in [6, 6.07) is 7.65. The van der Waals surface area contributed by atoms with Crippen LogP contribution in [0.5, 0.6) is 0 Å². The number of anilines is 1. The predicted molar refractivity (Wildman–Crippen MR) is 99.0 cm³/mol. The number of halogens is 1. The quantitative estimate of drug-likeness (QED) is 0.704. The molecule has 126 valence electrons. The molecular formula is C17H18ClN3O2S. The molecule has 0 aliphatic carbocycles. The molecule has 1 aromatic carbocycles. The summed E-state index contributed by atoms with van der Waals surface area (Å²) >= 11 is 7.55. The first kappa shape index (κ1) is 17.1. The van der Waals surface area contributed by atoms with E-state index < -0.39 is 0 Å². The van der Waals surface area contributed by atoms with Gasteiger partial charge >= 0.3 is 0 Å². The SMILES string of the molecule is Cc1nc(N(CCO)CCO)c2c(-c3ccc(Cl)cc3)csc2n1. The lowest BCUT2D eigenvalue weighted by molar-refractivity contribution is 0.281. The van der Waals surface area contributed by atoms with Crippen molar-refractivity contribution in [3.63, 3.8) is 0 Å². The lowest BCUT2D eigenvalue weighted by Gasteiger charge is -2.23. The normalized spacial score (nSPS) is 11.2. The summed E-state index contributed by atoms with van der Waals surface area (Å²) in [4.78, 5) is 11.9. The van der Waals surface area contributed by atoms with Gasteiger partial charge in [0.2, 0.25) is 0 Å². The fraction of sp³-hybridized carbons (Fsp3) is 0.294. The van der Waals surface area contributed by atoms with Gasteiger partial charge in [0, 0.05) is 29.1 Å². The summed E-state index contributed by atoms with van der Waals surface area (Å²) in [6.45, 7) is 2.64. The average molecular weight is 364 g/mol. The van der Waals surface area contributed by atoms with E-state index in [-0.39, 0.29) is 13.2 Å². The fourth-order valence-electron chi connectivity index (χ4n) is 2.66. The molecule has 7 heteroatoms. The van der Waals surface area contributed by atoms with E-state index >= 15 is 0 Å². The van der Waals surface area contributed by atoms with Gasteiger partial charge in [-0.2, -0.15) is 0 Å².